The van der Waals surface area contributed by atoms with E-state index in [2.05, 4.69) is 9.44 Å². The minimum Gasteiger partial charge on any atom is -0.396 e. The molecule has 0 bridgehead atoms. The molecule has 0 spiro atoms. The van der Waals surface area contributed by atoms with E-state index in [-0.39, 0.29) is 6.61 Å². The zero-order valence-electron chi connectivity index (χ0n) is 8.40. The van der Waals surface area contributed by atoms with Crippen LogP contribution < -0.4 is 9.44 Å². The Balaban J connectivity index is 2.73. The average Bonchev–Trinajstić information content (AvgIpc) is 2.21. The van der Waals surface area contributed by atoms with Crippen LogP contribution >= 0.6 is 0 Å². The first-order valence-electron chi connectivity index (χ1n) is 4.48. The fraction of sp³-hybridized carbons (Fsp3) is 0.333. The van der Waals surface area contributed by atoms with Crippen LogP contribution in [0, 0.1) is 0 Å². The van der Waals surface area contributed by atoms with Gasteiger partial charge in [0.1, 0.15) is 0 Å². The highest BCUT2D eigenvalue weighted by atomic mass is 32.2. The lowest BCUT2D eigenvalue weighted by molar-refractivity contribution is 0.299. The molecule has 1 rings (SSSR count). The molecule has 0 radical (unpaired) electrons. The van der Waals surface area contributed by atoms with Gasteiger partial charge >= 0.3 is 0 Å². The highest BCUT2D eigenvalue weighted by molar-refractivity contribution is 7.90. The summed E-state index contributed by atoms with van der Waals surface area (Å²) in [6.45, 7) is 0.0849. The van der Waals surface area contributed by atoms with E-state index in [9.17, 15) is 8.42 Å². The van der Waals surface area contributed by atoms with Crippen molar-refractivity contribution in [2.75, 3.05) is 18.4 Å². The Morgan fingerprint density at radius 2 is 1.87 bits per heavy atom. The van der Waals surface area contributed by atoms with E-state index in [1.807, 2.05) is 0 Å². The molecule has 0 fully saturated rings. The number of nitrogens with one attached hydrogen (secondary N) is 2. The topological polar surface area (TPSA) is 78.4 Å². The molecule has 0 aliphatic rings. The van der Waals surface area contributed by atoms with Crippen LogP contribution in [0.25, 0.3) is 0 Å². The van der Waals surface area contributed by atoms with Gasteiger partial charge in [-0.2, -0.15) is 8.42 Å². The van der Waals surface area contributed by atoms with Crippen LogP contribution in [-0.4, -0.2) is 27.2 Å². The molecule has 3 N–H and O–H groups in total. The van der Waals surface area contributed by atoms with E-state index in [4.69, 9.17) is 5.11 Å². The third-order valence-corrected chi connectivity index (χ3v) is 2.92. The van der Waals surface area contributed by atoms with Crippen molar-refractivity contribution in [2.45, 2.75) is 6.42 Å². The number of rotatable bonds is 5. The van der Waals surface area contributed by atoms with Crippen LogP contribution in [0.5, 0.6) is 0 Å². The number of hydrogen-bond donors (Lipinski definition) is 3. The van der Waals surface area contributed by atoms with Crippen molar-refractivity contribution in [3.05, 3.63) is 29.8 Å². The first-order valence-corrected chi connectivity index (χ1v) is 5.97. The lowest BCUT2D eigenvalue weighted by atomic mass is 10.1. The third kappa shape index (κ3) is 3.86. The second kappa shape index (κ2) is 5.11. The van der Waals surface area contributed by atoms with E-state index < -0.39 is 10.2 Å². The monoisotopic (exact) mass is 230 g/mol. The van der Waals surface area contributed by atoms with Gasteiger partial charge in [-0.25, -0.2) is 4.72 Å². The Labute approximate surface area is 89.3 Å². The molecule has 0 aliphatic carbocycles. The first-order chi connectivity index (χ1) is 7.07. The molecule has 84 valence electrons. The Morgan fingerprint density at radius 1 is 1.27 bits per heavy atom. The summed E-state index contributed by atoms with van der Waals surface area (Å²) in [6.07, 6.45) is 0.569. The van der Waals surface area contributed by atoms with Crippen LogP contribution in [0.4, 0.5) is 5.69 Å². The Kier molecular flexibility index (Phi) is 4.07. The van der Waals surface area contributed by atoms with E-state index in [0.29, 0.717) is 12.1 Å². The van der Waals surface area contributed by atoms with Crippen molar-refractivity contribution < 1.29 is 13.5 Å². The fourth-order valence-corrected chi connectivity index (χ4v) is 1.62. The quantitative estimate of drug-likeness (QED) is 0.671. The predicted molar refractivity (Wildman–Crippen MR) is 58.8 cm³/mol. The van der Waals surface area contributed by atoms with Gasteiger partial charge in [0.25, 0.3) is 10.2 Å². The van der Waals surface area contributed by atoms with Crippen molar-refractivity contribution >= 4 is 15.9 Å². The highest BCUT2D eigenvalue weighted by Crippen LogP contribution is 2.10. The maximum atomic E-state index is 11.1. The zero-order chi connectivity index (χ0) is 11.3. The van der Waals surface area contributed by atoms with Crippen molar-refractivity contribution in [3.8, 4) is 0 Å². The summed E-state index contributed by atoms with van der Waals surface area (Å²) in [5, 5.41) is 8.69. The van der Waals surface area contributed by atoms with Gasteiger partial charge in [0.05, 0.1) is 0 Å². The minimum atomic E-state index is -3.45. The maximum Gasteiger partial charge on any atom is 0.298 e. The smallest absolute Gasteiger partial charge is 0.298 e. The summed E-state index contributed by atoms with van der Waals surface area (Å²) in [5.74, 6) is 0. The van der Waals surface area contributed by atoms with Gasteiger partial charge in [-0.15, -0.1) is 0 Å². The van der Waals surface area contributed by atoms with E-state index >= 15 is 0 Å². The summed E-state index contributed by atoms with van der Waals surface area (Å²) < 4.78 is 26.7. The maximum absolute atomic E-state index is 11.1. The second-order valence-corrected chi connectivity index (χ2v) is 4.60. The van der Waals surface area contributed by atoms with E-state index in [0.717, 1.165) is 5.56 Å². The third-order valence-electron chi connectivity index (χ3n) is 1.88. The molecule has 0 atom stereocenters. The number of hydrogen-bond acceptors (Lipinski definition) is 3. The molecule has 0 aliphatic heterocycles. The van der Waals surface area contributed by atoms with Crippen molar-refractivity contribution in [3.63, 3.8) is 0 Å². The van der Waals surface area contributed by atoms with Gasteiger partial charge in [0.15, 0.2) is 0 Å². The molecule has 0 unspecified atom stereocenters. The van der Waals surface area contributed by atoms with E-state index in [1.54, 1.807) is 24.3 Å². The highest BCUT2D eigenvalue weighted by Gasteiger charge is 2.05. The van der Waals surface area contributed by atoms with Gasteiger partial charge in [0, 0.05) is 19.3 Å². The van der Waals surface area contributed by atoms with Crippen LogP contribution in [0.3, 0.4) is 0 Å². The number of benzene rings is 1. The predicted octanol–water partition coefficient (Wildman–Crippen LogP) is 0.0975. The molecule has 0 saturated carbocycles. The first kappa shape index (κ1) is 12.0. The molecule has 15 heavy (non-hydrogen) atoms. The van der Waals surface area contributed by atoms with Crippen LogP contribution in [0.2, 0.25) is 0 Å². The van der Waals surface area contributed by atoms with Gasteiger partial charge in [-0.3, -0.25) is 4.72 Å². The molecule has 1 aromatic rings. The van der Waals surface area contributed by atoms with Gasteiger partial charge in [0.2, 0.25) is 0 Å². The van der Waals surface area contributed by atoms with E-state index in [1.165, 1.54) is 7.05 Å². The lowest BCUT2D eigenvalue weighted by Crippen LogP contribution is -2.26. The zero-order valence-corrected chi connectivity index (χ0v) is 9.21. The molecular formula is C9H14N2O3S. The summed E-state index contributed by atoms with van der Waals surface area (Å²) >= 11 is 0. The average molecular weight is 230 g/mol. The number of anilines is 1. The van der Waals surface area contributed by atoms with Gasteiger partial charge in [-0.1, -0.05) is 12.1 Å². The Bertz CT molecular complexity index is 400. The fourth-order valence-electron chi connectivity index (χ4n) is 1.07. The number of aliphatic hydroxyl groups is 1. The Hall–Kier alpha value is -1.11. The van der Waals surface area contributed by atoms with Crippen molar-refractivity contribution in [2.24, 2.45) is 0 Å². The molecule has 0 amide bonds. The second-order valence-electron chi connectivity index (χ2n) is 2.98. The van der Waals surface area contributed by atoms with Crippen LogP contribution in [-0.2, 0) is 16.6 Å². The van der Waals surface area contributed by atoms with Crippen molar-refractivity contribution in [1.82, 2.24) is 4.72 Å². The summed E-state index contributed by atoms with van der Waals surface area (Å²) in [4.78, 5) is 0. The SMILES string of the molecule is CNS(=O)(=O)Nc1ccc(CCO)cc1. The summed E-state index contributed by atoms with van der Waals surface area (Å²) in [7, 11) is -2.11. The lowest BCUT2D eigenvalue weighted by Gasteiger charge is -2.06. The standard InChI is InChI=1S/C9H14N2O3S/c1-10-15(13,14)11-9-4-2-8(3-5-9)6-7-12/h2-5,10-12H,6-7H2,1H3. The van der Waals surface area contributed by atoms with Crippen LogP contribution in [0.15, 0.2) is 24.3 Å². The summed E-state index contributed by atoms with van der Waals surface area (Å²) in [6, 6.07) is 6.84. The van der Waals surface area contributed by atoms with Gasteiger partial charge in [-0.05, 0) is 24.1 Å². The van der Waals surface area contributed by atoms with Crippen molar-refractivity contribution in [1.29, 1.82) is 0 Å². The molecule has 0 aromatic heterocycles. The van der Waals surface area contributed by atoms with Crippen LogP contribution in [0.1, 0.15) is 5.56 Å². The minimum absolute atomic E-state index is 0.0849. The number of aliphatic hydroxyl groups excluding tert-OH is 1. The normalized spacial score (nSPS) is 11.3. The molecular weight excluding hydrogens is 216 g/mol. The van der Waals surface area contributed by atoms with Gasteiger partial charge < -0.3 is 5.11 Å². The molecule has 6 heteroatoms. The molecule has 5 nitrogen and oxygen atoms in total. The molecule has 0 saturated heterocycles. The molecule has 0 heterocycles. The largest absolute Gasteiger partial charge is 0.396 e. The molecule has 1 aromatic carbocycles. The summed E-state index contributed by atoms with van der Waals surface area (Å²) in [5.41, 5.74) is 1.45. The Morgan fingerprint density at radius 3 is 2.33 bits per heavy atom.